The van der Waals surface area contributed by atoms with E-state index in [0.29, 0.717) is 0 Å². The predicted octanol–water partition coefficient (Wildman–Crippen LogP) is 1.42. The zero-order chi connectivity index (χ0) is 16.9. The summed E-state index contributed by atoms with van der Waals surface area (Å²) >= 11 is 6.03. The Labute approximate surface area is 131 Å². The number of nitrogens with one attached hydrogen (secondary N) is 2. The summed E-state index contributed by atoms with van der Waals surface area (Å²) in [6.07, 6.45) is 0. The van der Waals surface area contributed by atoms with Gasteiger partial charge in [0.05, 0.1) is 21.4 Å². The molecule has 0 unspecified atom stereocenters. The van der Waals surface area contributed by atoms with E-state index in [1.807, 2.05) is 0 Å². The number of carboxylic acids is 2. The zero-order valence-corrected chi connectivity index (χ0v) is 11.9. The molecule has 3 aromatic rings. The number of carbonyl (C=O) groups is 2. The van der Waals surface area contributed by atoms with Crippen LogP contribution in [0.4, 0.5) is 0 Å². The Bertz CT molecular complexity index is 1130. The Morgan fingerprint density at radius 3 is 1.96 bits per heavy atom. The third-order valence-corrected chi connectivity index (χ3v) is 3.62. The van der Waals surface area contributed by atoms with Crippen LogP contribution in [0.5, 0.6) is 0 Å². The summed E-state index contributed by atoms with van der Waals surface area (Å²) in [7, 11) is 0. The van der Waals surface area contributed by atoms with Crippen molar-refractivity contribution in [3.8, 4) is 0 Å². The molecule has 0 spiro atoms. The first-order chi connectivity index (χ1) is 10.8. The molecule has 8 nitrogen and oxygen atoms in total. The lowest BCUT2D eigenvalue weighted by atomic mass is 10.1. The van der Waals surface area contributed by atoms with Gasteiger partial charge in [0.15, 0.2) is 10.9 Å². The Balaban J connectivity index is 2.61. The second-order valence-corrected chi connectivity index (χ2v) is 5.14. The highest BCUT2D eigenvalue weighted by Crippen LogP contribution is 2.26. The van der Waals surface area contributed by atoms with Gasteiger partial charge in [-0.05, 0) is 6.07 Å². The second kappa shape index (κ2) is 4.96. The summed E-state index contributed by atoms with van der Waals surface area (Å²) in [5.74, 6) is -2.72. The molecule has 0 saturated carbocycles. The highest BCUT2D eigenvalue weighted by Gasteiger charge is 2.17. The molecule has 0 saturated heterocycles. The fourth-order valence-electron chi connectivity index (χ4n) is 2.33. The van der Waals surface area contributed by atoms with E-state index in [2.05, 4.69) is 9.97 Å². The van der Waals surface area contributed by atoms with Crippen LogP contribution in [0.1, 0.15) is 21.0 Å². The van der Waals surface area contributed by atoms with E-state index in [1.54, 1.807) is 0 Å². The predicted molar refractivity (Wildman–Crippen MR) is 81.6 cm³/mol. The van der Waals surface area contributed by atoms with Crippen LogP contribution in [0.25, 0.3) is 21.8 Å². The number of carboxylic acid groups (broad SMARTS) is 2. The summed E-state index contributed by atoms with van der Waals surface area (Å²) in [6, 6.07) is 2.96. The van der Waals surface area contributed by atoms with Crippen molar-refractivity contribution in [2.75, 3.05) is 0 Å². The Kier molecular flexibility index (Phi) is 3.19. The van der Waals surface area contributed by atoms with Crippen molar-refractivity contribution >= 4 is 45.3 Å². The highest BCUT2D eigenvalue weighted by atomic mass is 35.5. The molecule has 1 aromatic carbocycles. The fraction of sp³-hybridized carbons (Fsp3) is 0. The van der Waals surface area contributed by atoms with Crippen LogP contribution in [0.15, 0.2) is 27.8 Å². The van der Waals surface area contributed by atoms with Crippen molar-refractivity contribution in [2.45, 2.75) is 0 Å². The van der Waals surface area contributed by atoms with Gasteiger partial charge in [0.25, 0.3) is 0 Å². The molecule has 116 valence electrons. The first-order valence-corrected chi connectivity index (χ1v) is 6.56. The van der Waals surface area contributed by atoms with Gasteiger partial charge in [0, 0.05) is 17.5 Å². The molecule has 23 heavy (non-hydrogen) atoms. The molecule has 0 amide bonds. The first-order valence-electron chi connectivity index (χ1n) is 6.18. The quantitative estimate of drug-likeness (QED) is 0.522. The molecular weight excluding hydrogens is 328 g/mol. The second-order valence-electron chi connectivity index (χ2n) is 4.74. The van der Waals surface area contributed by atoms with Crippen molar-refractivity contribution in [3.05, 3.63) is 55.1 Å². The number of halogens is 1. The van der Waals surface area contributed by atoms with Crippen LogP contribution in [-0.2, 0) is 0 Å². The minimum absolute atomic E-state index is 0.00209. The van der Waals surface area contributed by atoms with Crippen LogP contribution >= 0.6 is 11.6 Å². The Morgan fingerprint density at radius 1 is 0.870 bits per heavy atom. The van der Waals surface area contributed by atoms with Crippen LogP contribution < -0.4 is 10.9 Å². The van der Waals surface area contributed by atoms with Gasteiger partial charge in [-0.1, -0.05) is 11.6 Å². The fourth-order valence-corrected chi connectivity index (χ4v) is 2.58. The lowest BCUT2D eigenvalue weighted by Crippen LogP contribution is -2.14. The minimum atomic E-state index is -1.37. The van der Waals surface area contributed by atoms with Gasteiger partial charge in [-0.25, -0.2) is 9.59 Å². The Morgan fingerprint density at radius 2 is 1.39 bits per heavy atom. The van der Waals surface area contributed by atoms with Crippen molar-refractivity contribution in [1.29, 1.82) is 0 Å². The molecule has 3 rings (SSSR count). The minimum Gasteiger partial charge on any atom is -0.477 e. The third kappa shape index (κ3) is 2.25. The summed E-state index contributed by atoms with van der Waals surface area (Å²) in [4.78, 5) is 51.4. The van der Waals surface area contributed by atoms with Gasteiger partial charge < -0.3 is 20.2 Å². The van der Waals surface area contributed by atoms with Crippen molar-refractivity contribution in [2.24, 2.45) is 0 Å². The normalized spacial score (nSPS) is 11.0. The monoisotopic (exact) mass is 334 g/mol. The van der Waals surface area contributed by atoms with E-state index in [0.717, 1.165) is 12.1 Å². The molecule has 0 aliphatic carbocycles. The number of H-pyrrole nitrogens is 2. The maximum Gasteiger partial charge on any atom is 0.352 e. The lowest BCUT2D eigenvalue weighted by molar-refractivity contribution is 0.0680. The van der Waals surface area contributed by atoms with E-state index in [1.165, 1.54) is 6.07 Å². The van der Waals surface area contributed by atoms with E-state index in [4.69, 9.17) is 21.8 Å². The van der Waals surface area contributed by atoms with Gasteiger partial charge in [0.1, 0.15) is 11.4 Å². The molecule has 2 heterocycles. The van der Waals surface area contributed by atoms with E-state index in [-0.39, 0.29) is 32.5 Å². The smallest absolute Gasteiger partial charge is 0.352 e. The largest absolute Gasteiger partial charge is 0.477 e. The van der Waals surface area contributed by atoms with Gasteiger partial charge >= 0.3 is 11.9 Å². The number of fused-ring (bicyclic) bond motifs is 3. The maximum atomic E-state index is 12.3. The SMILES string of the molecule is O=C(O)c1cc(=O)c2c([nH]1)c(Cl)cc1c(=O)cc(C(=O)O)[nH]c12. The molecule has 0 aliphatic rings. The summed E-state index contributed by atoms with van der Waals surface area (Å²) in [5, 5.41) is 17.9. The molecular formula is C14H7ClN2O6. The average Bonchev–Trinajstić information content (AvgIpc) is 2.47. The van der Waals surface area contributed by atoms with Crippen molar-refractivity contribution in [3.63, 3.8) is 0 Å². The van der Waals surface area contributed by atoms with E-state index < -0.39 is 28.5 Å². The average molecular weight is 335 g/mol. The number of pyridine rings is 2. The molecule has 0 atom stereocenters. The van der Waals surface area contributed by atoms with Crippen LogP contribution in [0, 0.1) is 0 Å². The number of aromatic nitrogens is 2. The number of aromatic amines is 2. The third-order valence-electron chi connectivity index (χ3n) is 3.32. The summed E-state index contributed by atoms with van der Waals surface area (Å²) < 4.78 is 0. The molecule has 0 aliphatic heterocycles. The number of rotatable bonds is 2. The van der Waals surface area contributed by atoms with Gasteiger partial charge in [-0.15, -0.1) is 0 Å². The molecule has 0 radical (unpaired) electrons. The van der Waals surface area contributed by atoms with Gasteiger partial charge in [-0.2, -0.15) is 0 Å². The van der Waals surface area contributed by atoms with Gasteiger partial charge in [0.2, 0.25) is 0 Å². The molecule has 4 N–H and O–H groups in total. The van der Waals surface area contributed by atoms with E-state index in [9.17, 15) is 19.2 Å². The van der Waals surface area contributed by atoms with Crippen LogP contribution in [0.3, 0.4) is 0 Å². The summed E-state index contributed by atoms with van der Waals surface area (Å²) in [6.45, 7) is 0. The van der Waals surface area contributed by atoms with Crippen molar-refractivity contribution < 1.29 is 19.8 Å². The molecule has 2 aromatic heterocycles. The number of aromatic carboxylic acids is 2. The Hall–Kier alpha value is -3.13. The highest BCUT2D eigenvalue weighted by molar-refractivity contribution is 6.36. The van der Waals surface area contributed by atoms with E-state index >= 15 is 0 Å². The first kappa shape index (κ1) is 14.8. The number of hydrogen-bond donors (Lipinski definition) is 4. The molecule has 0 fully saturated rings. The summed E-state index contributed by atoms with van der Waals surface area (Å²) in [5.41, 5.74) is -2.12. The number of hydrogen-bond acceptors (Lipinski definition) is 4. The standard InChI is InChI=1S/C14H7ClN2O6/c15-5-1-4-8(18)2-6(13(20)21)16-11(4)10-9(19)3-7(14(22)23)17-12(5)10/h1-3H,(H,16,18)(H,17,19)(H,20,21)(H,22,23). The molecule has 9 heteroatoms. The van der Waals surface area contributed by atoms with Crippen molar-refractivity contribution in [1.82, 2.24) is 9.97 Å². The molecule has 0 bridgehead atoms. The topological polar surface area (TPSA) is 140 Å². The lowest BCUT2D eigenvalue weighted by Gasteiger charge is -2.08. The number of benzene rings is 1. The van der Waals surface area contributed by atoms with Crippen LogP contribution in [0.2, 0.25) is 5.02 Å². The maximum absolute atomic E-state index is 12.3. The van der Waals surface area contributed by atoms with Gasteiger partial charge in [-0.3, -0.25) is 9.59 Å². The van der Waals surface area contributed by atoms with Crippen LogP contribution in [-0.4, -0.2) is 32.1 Å². The zero-order valence-electron chi connectivity index (χ0n) is 11.1.